The number of rotatable bonds is 5. The van der Waals surface area contributed by atoms with Crippen LogP contribution in [0.4, 0.5) is 4.79 Å². The zero-order valence-corrected chi connectivity index (χ0v) is 17.9. The van der Waals surface area contributed by atoms with E-state index in [4.69, 9.17) is 4.74 Å². The van der Waals surface area contributed by atoms with E-state index >= 15 is 0 Å². The Hall–Kier alpha value is -3.14. The SMILES string of the molecule is CCOC(=O)C(=O)/C=C/c1ccc(C2(C#N)CCN(C(=O)OC(C)(C)C)CC2)cc1. The molecule has 1 fully saturated rings. The van der Waals surface area contributed by atoms with Crippen LogP contribution in [-0.2, 0) is 24.5 Å². The van der Waals surface area contributed by atoms with Gasteiger partial charge in [-0.2, -0.15) is 5.26 Å². The number of carbonyl (C=O) groups is 3. The topological polar surface area (TPSA) is 96.7 Å². The van der Waals surface area contributed by atoms with Crippen molar-refractivity contribution in [3.05, 3.63) is 41.5 Å². The molecule has 2 rings (SSSR count). The van der Waals surface area contributed by atoms with E-state index in [0.29, 0.717) is 25.9 Å². The van der Waals surface area contributed by atoms with Gasteiger partial charge in [0, 0.05) is 13.1 Å². The molecule has 0 aliphatic carbocycles. The van der Waals surface area contributed by atoms with E-state index in [-0.39, 0.29) is 12.7 Å². The third-order valence-corrected chi connectivity index (χ3v) is 4.85. The summed E-state index contributed by atoms with van der Waals surface area (Å²) >= 11 is 0. The van der Waals surface area contributed by atoms with Crippen molar-refractivity contribution in [2.75, 3.05) is 19.7 Å². The third-order valence-electron chi connectivity index (χ3n) is 4.85. The van der Waals surface area contributed by atoms with E-state index in [9.17, 15) is 19.6 Å². The maximum absolute atomic E-state index is 12.3. The Balaban J connectivity index is 2.04. The van der Waals surface area contributed by atoms with Crippen LogP contribution in [0.15, 0.2) is 30.3 Å². The molecule has 0 saturated carbocycles. The first kappa shape index (κ1) is 23.1. The highest BCUT2D eigenvalue weighted by molar-refractivity contribution is 6.39. The minimum absolute atomic E-state index is 0.148. The molecule has 1 aliphatic rings. The maximum Gasteiger partial charge on any atom is 0.410 e. The molecule has 0 bridgehead atoms. The molecule has 160 valence electrons. The Kier molecular flexibility index (Phi) is 7.38. The van der Waals surface area contributed by atoms with E-state index in [1.54, 1.807) is 24.0 Å². The number of nitriles is 1. The molecule has 1 aromatic carbocycles. The zero-order valence-electron chi connectivity index (χ0n) is 17.9. The summed E-state index contributed by atoms with van der Waals surface area (Å²) in [6, 6.07) is 9.71. The highest BCUT2D eigenvalue weighted by Gasteiger charge is 2.38. The average molecular weight is 412 g/mol. The van der Waals surface area contributed by atoms with Crippen LogP contribution in [0, 0.1) is 11.3 Å². The van der Waals surface area contributed by atoms with Crippen LogP contribution in [0.5, 0.6) is 0 Å². The van der Waals surface area contributed by atoms with Crippen molar-refractivity contribution in [3.8, 4) is 6.07 Å². The van der Waals surface area contributed by atoms with Crippen LogP contribution < -0.4 is 0 Å². The minimum atomic E-state index is -0.884. The summed E-state index contributed by atoms with van der Waals surface area (Å²) in [5.74, 6) is -1.60. The molecule has 0 atom stereocenters. The van der Waals surface area contributed by atoms with Crippen molar-refractivity contribution in [3.63, 3.8) is 0 Å². The van der Waals surface area contributed by atoms with Gasteiger partial charge in [-0.3, -0.25) is 4.79 Å². The van der Waals surface area contributed by atoms with Crippen molar-refractivity contribution in [1.29, 1.82) is 5.26 Å². The molecule has 1 heterocycles. The lowest BCUT2D eigenvalue weighted by molar-refractivity contribution is -0.151. The molecule has 0 aromatic heterocycles. The summed E-state index contributed by atoms with van der Waals surface area (Å²) in [6.45, 7) is 8.14. The summed E-state index contributed by atoms with van der Waals surface area (Å²) in [6.07, 6.45) is 3.37. The molecule has 1 aliphatic heterocycles. The molecule has 1 saturated heterocycles. The standard InChI is InChI=1S/C23H28N2O5/c1-5-29-20(27)19(26)11-8-17-6-9-18(10-7-17)23(16-24)12-14-25(15-13-23)21(28)30-22(2,3)4/h6-11H,5,12-15H2,1-4H3/b11-8+. The predicted octanol–water partition coefficient (Wildman–Crippen LogP) is 3.62. The largest absolute Gasteiger partial charge is 0.460 e. The molecule has 1 amide bonds. The fraction of sp³-hybridized carbons (Fsp3) is 0.478. The first-order valence-electron chi connectivity index (χ1n) is 9.99. The van der Waals surface area contributed by atoms with Crippen molar-refractivity contribution in [2.45, 2.75) is 51.6 Å². The van der Waals surface area contributed by atoms with Gasteiger partial charge in [0.2, 0.25) is 0 Å². The van der Waals surface area contributed by atoms with Crippen molar-refractivity contribution >= 4 is 23.9 Å². The van der Waals surface area contributed by atoms with Gasteiger partial charge in [0.1, 0.15) is 5.60 Å². The van der Waals surface area contributed by atoms with Gasteiger partial charge in [0.05, 0.1) is 18.1 Å². The maximum atomic E-state index is 12.3. The number of hydrogen-bond donors (Lipinski definition) is 0. The first-order valence-corrected chi connectivity index (χ1v) is 9.99. The number of amides is 1. The van der Waals surface area contributed by atoms with E-state index in [1.165, 1.54) is 12.2 Å². The Bertz CT molecular complexity index is 851. The van der Waals surface area contributed by atoms with Crippen molar-refractivity contribution < 1.29 is 23.9 Å². The molecule has 0 N–H and O–H groups in total. The van der Waals surface area contributed by atoms with Crippen LogP contribution in [0.1, 0.15) is 51.7 Å². The second-order valence-corrected chi connectivity index (χ2v) is 8.20. The number of nitrogens with zero attached hydrogens (tertiary/aromatic N) is 2. The minimum Gasteiger partial charge on any atom is -0.460 e. The van der Waals surface area contributed by atoms with Crippen LogP contribution in [0.3, 0.4) is 0 Å². The molecule has 0 spiro atoms. The summed E-state index contributed by atoms with van der Waals surface area (Å²) in [5, 5.41) is 9.87. The number of piperidine rings is 1. The van der Waals surface area contributed by atoms with E-state index < -0.39 is 22.8 Å². The average Bonchev–Trinajstić information content (AvgIpc) is 2.71. The number of likely N-dealkylation sites (tertiary alicyclic amines) is 1. The second-order valence-electron chi connectivity index (χ2n) is 8.20. The van der Waals surface area contributed by atoms with Crippen LogP contribution in [-0.4, -0.2) is 48.0 Å². The Labute approximate surface area is 177 Å². The first-order chi connectivity index (χ1) is 14.1. The van der Waals surface area contributed by atoms with Gasteiger partial charge in [-0.15, -0.1) is 0 Å². The van der Waals surface area contributed by atoms with Crippen LogP contribution in [0.2, 0.25) is 0 Å². The highest BCUT2D eigenvalue weighted by atomic mass is 16.6. The molecule has 1 aromatic rings. The molecular formula is C23H28N2O5. The summed E-state index contributed by atoms with van der Waals surface area (Å²) in [5.41, 5.74) is 0.360. The lowest BCUT2D eigenvalue weighted by Crippen LogP contribution is -2.46. The Morgan fingerprint density at radius 1 is 1.17 bits per heavy atom. The number of esters is 1. The van der Waals surface area contributed by atoms with Gasteiger partial charge >= 0.3 is 12.1 Å². The molecule has 7 nitrogen and oxygen atoms in total. The predicted molar refractivity (Wildman–Crippen MR) is 111 cm³/mol. The molecular weight excluding hydrogens is 384 g/mol. The zero-order chi connectivity index (χ0) is 22.4. The van der Waals surface area contributed by atoms with Crippen molar-refractivity contribution in [2.24, 2.45) is 0 Å². The van der Waals surface area contributed by atoms with E-state index in [2.05, 4.69) is 10.8 Å². The summed E-state index contributed by atoms with van der Waals surface area (Å²) < 4.78 is 10.1. The van der Waals surface area contributed by atoms with Crippen molar-refractivity contribution in [1.82, 2.24) is 4.90 Å². The summed E-state index contributed by atoms with van der Waals surface area (Å²) in [4.78, 5) is 36.9. The van der Waals surface area contributed by atoms with Gasteiger partial charge in [-0.05, 0) is 57.7 Å². The Morgan fingerprint density at radius 3 is 2.27 bits per heavy atom. The fourth-order valence-electron chi connectivity index (χ4n) is 3.22. The fourth-order valence-corrected chi connectivity index (χ4v) is 3.22. The van der Waals surface area contributed by atoms with E-state index in [1.807, 2.05) is 32.9 Å². The number of ketones is 1. The van der Waals surface area contributed by atoms with Crippen LogP contribution in [0.25, 0.3) is 6.08 Å². The quantitative estimate of drug-likeness (QED) is 0.416. The number of carbonyl (C=O) groups excluding carboxylic acids is 3. The molecule has 0 radical (unpaired) electrons. The normalized spacial score (nSPS) is 16.0. The molecule has 7 heteroatoms. The van der Waals surface area contributed by atoms with Crippen LogP contribution >= 0.6 is 0 Å². The summed E-state index contributed by atoms with van der Waals surface area (Å²) in [7, 11) is 0. The lowest BCUT2D eigenvalue weighted by Gasteiger charge is -2.38. The van der Waals surface area contributed by atoms with Gasteiger partial charge in [0.15, 0.2) is 0 Å². The number of benzene rings is 1. The highest BCUT2D eigenvalue weighted by Crippen LogP contribution is 2.35. The van der Waals surface area contributed by atoms with Gasteiger partial charge in [0.25, 0.3) is 5.78 Å². The van der Waals surface area contributed by atoms with Gasteiger partial charge in [-0.25, -0.2) is 9.59 Å². The number of hydrogen-bond acceptors (Lipinski definition) is 6. The van der Waals surface area contributed by atoms with Gasteiger partial charge < -0.3 is 14.4 Å². The monoisotopic (exact) mass is 412 g/mol. The third kappa shape index (κ3) is 5.93. The van der Waals surface area contributed by atoms with Gasteiger partial charge in [-0.1, -0.05) is 30.3 Å². The Morgan fingerprint density at radius 2 is 1.77 bits per heavy atom. The lowest BCUT2D eigenvalue weighted by atomic mass is 9.74. The molecule has 30 heavy (non-hydrogen) atoms. The molecule has 0 unspecified atom stereocenters. The smallest absolute Gasteiger partial charge is 0.410 e. The second kappa shape index (κ2) is 9.57. The number of ether oxygens (including phenoxy) is 2. The van der Waals surface area contributed by atoms with E-state index in [0.717, 1.165) is 11.1 Å².